The standard InChI is InChI=1S/C16H21FO3/c1-3-15(2)10-16(6-7-19-15)9-13(18)12-5-4-11(17)8-14(12)20-16/h4-5,8,13,18H,3,6-7,9-10H2,1-2H3/t13-,15?,16?/m1/s1. The van der Waals surface area contributed by atoms with Crippen LogP contribution in [0.5, 0.6) is 5.75 Å². The lowest BCUT2D eigenvalue weighted by Crippen LogP contribution is -2.52. The Labute approximate surface area is 118 Å². The van der Waals surface area contributed by atoms with Crippen molar-refractivity contribution in [2.24, 2.45) is 0 Å². The van der Waals surface area contributed by atoms with Crippen LogP contribution in [0, 0.1) is 5.82 Å². The van der Waals surface area contributed by atoms with Crippen LogP contribution in [0.25, 0.3) is 0 Å². The number of hydrogen-bond donors (Lipinski definition) is 1. The second-order valence-electron chi connectivity index (χ2n) is 6.27. The molecule has 2 aliphatic rings. The summed E-state index contributed by atoms with van der Waals surface area (Å²) >= 11 is 0. The molecule has 0 saturated carbocycles. The minimum Gasteiger partial charge on any atom is -0.486 e. The van der Waals surface area contributed by atoms with E-state index >= 15 is 0 Å². The molecule has 1 aromatic carbocycles. The number of aliphatic hydroxyl groups excluding tert-OH is 1. The molecule has 1 fully saturated rings. The van der Waals surface area contributed by atoms with Crippen molar-refractivity contribution in [1.29, 1.82) is 0 Å². The number of ether oxygens (including phenoxy) is 2. The van der Waals surface area contributed by atoms with Crippen LogP contribution in [0.15, 0.2) is 18.2 Å². The highest BCUT2D eigenvalue weighted by Gasteiger charge is 2.48. The Balaban J connectivity index is 1.93. The summed E-state index contributed by atoms with van der Waals surface area (Å²) in [6.45, 7) is 4.78. The lowest BCUT2D eigenvalue weighted by atomic mass is 9.76. The van der Waals surface area contributed by atoms with Crippen molar-refractivity contribution in [1.82, 2.24) is 0 Å². The summed E-state index contributed by atoms with van der Waals surface area (Å²) in [6.07, 6.45) is 2.30. The number of aliphatic hydroxyl groups is 1. The Bertz CT molecular complexity index is 518. The molecule has 1 spiro atoms. The first-order valence-corrected chi connectivity index (χ1v) is 7.26. The zero-order valence-electron chi connectivity index (χ0n) is 12.0. The molecule has 0 aromatic heterocycles. The molecule has 3 atom stereocenters. The normalized spacial score (nSPS) is 36.5. The van der Waals surface area contributed by atoms with Crippen molar-refractivity contribution in [2.75, 3.05) is 6.61 Å². The molecule has 3 rings (SSSR count). The molecular formula is C16H21FO3. The monoisotopic (exact) mass is 280 g/mol. The van der Waals surface area contributed by atoms with Gasteiger partial charge in [0.05, 0.1) is 18.3 Å². The average molecular weight is 280 g/mol. The van der Waals surface area contributed by atoms with Gasteiger partial charge in [0.1, 0.15) is 17.2 Å². The van der Waals surface area contributed by atoms with Gasteiger partial charge >= 0.3 is 0 Å². The van der Waals surface area contributed by atoms with Crippen molar-refractivity contribution in [3.05, 3.63) is 29.6 Å². The smallest absolute Gasteiger partial charge is 0.128 e. The lowest BCUT2D eigenvalue weighted by Gasteiger charge is -2.49. The average Bonchev–Trinajstić information content (AvgIpc) is 2.37. The van der Waals surface area contributed by atoms with Gasteiger partial charge in [-0.05, 0) is 25.5 Å². The summed E-state index contributed by atoms with van der Waals surface area (Å²) in [5.41, 5.74) is 0.00756. The van der Waals surface area contributed by atoms with Gasteiger partial charge in [-0.15, -0.1) is 0 Å². The fourth-order valence-electron chi connectivity index (χ4n) is 3.40. The first kappa shape index (κ1) is 13.8. The highest BCUT2D eigenvalue weighted by Crippen LogP contribution is 2.47. The van der Waals surface area contributed by atoms with Crippen LogP contribution < -0.4 is 4.74 Å². The maximum atomic E-state index is 13.4. The highest BCUT2D eigenvalue weighted by atomic mass is 19.1. The third-order valence-electron chi connectivity index (χ3n) is 4.68. The van der Waals surface area contributed by atoms with Crippen LogP contribution in [0.3, 0.4) is 0 Å². The fraction of sp³-hybridized carbons (Fsp3) is 0.625. The van der Waals surface area contributed by atoms with E-state index in [1.807, 2.05) is 0 Å². The van der Waals surface area contributed by atoms with E-state index in [0.29, 0.717) is 24.3 Å². The zero-order valence-corrected chi connectivity index (χ0v) is 12.0. The third kappa shape index (κ3) is 2.31. The second kappa shape index (κ2) is 4.71. The van der Waals surface area contributed by atoms with Crippen molar-refractivity contribution in [3.8, 4) is 5.75 Å². The molecule has 110 valence electrons. The van der Waals surface area contributed by atoms with Crippen molar-refractivity contribution >= 4 is 0 Å². The first-order chi connectivity index (χ1) is 9.45. The second-order valence-corrected chi connectivity index (χ2v) is 6.27. The summed E-state index contributed by atoms with van der Waals surface area (Å²) < 4.78 is 25.4. The van der Waals surface area contributed by atoms with E-state index in [1.54, 1.807) is 6.07 Å². The van der Waals surface area contributed by atoms with Gasteiger partial charge in [0.2, 0.25) is 0 Å². The van der Waals surface area contributed by atoms with Crippen LogP contribution in [-0.2, 0) is 4.74 Å². The molecular weight excluding hydrogens is 259 g/mol. The Morgan fingerprint density at radius 2 is 2.25 bits per heavy atom. The number of fused-ring (bicyclic) bond motifs is 1. The van der Waals surface area contributed by atoms with E-state index in [9.17, 15) is 9.50 Å². The van der Waals surface area contributed by atoms with Crippen LogP contribution in [0.1, 0.15) is 51.2 Å². The number of halogens is 1. The van der Waals surface area contributed by atoms with Gasteiger partial charge in [0, 0.05) is 30.9 Å². The first-order valence-electron chi connectivity index (χ1n) is 7.26. The summed E-state index contributed by atoms with van der Waals surface area (Å²) in [6, 6.07) is 4.35. The Kier molecular flexibility index (Phi) is 3.26. The van der Waals surface area contributed by atoms with E-state index < -0.39 is 11.7 Å². The molecule has 1 saturated heterocycles. The molecule has 20 heavy (non-hydrogen) atoms. The molecule has 2 heterocycles. The van der Waals surface area contributed by atoms with E-state index in [1.165, 1.54) is 12.1 Å². The summed E-state index contributed by atoms with van der Waals surface area (Å²) in [4.78, 5) is 0. The van der Waals surface area contributed by atoms with E-state index in [2.05, 4.69) is 13.8 Å². The molecule has 0 radical (unpaired) electrons. The molecule has 0 aliphatic carbocycles. The molecule has 2 unspecified atom stereocenters. The van der Waals surface area contributed by atoms with Crippen LogP contribution in [0.2, 0.25) is 0 Å². The SMILES string of the molecule is CCC1(C)CC2(CCO1)C[C@@H](O)c1ccc(F)cc1O2. The summed E-state index contributed by atoms with van der Waals surface area (Å²) in [7, 11) is 0. The van der Waals surface area contributed by atoms with Gasteiger partial charge in [-0.1, -0.05) is 6.92 Å². The minimum atomic E-state index is -0.599. The Morgan fingerprint density at radius 3 is 3.00 bits per heavy atom. The van der Waals surface area contributed by atoms with Crippen LogP contribution in [-0.4, -0.2) is 22.9 Å². The Morgan fingerprint density at radius 1 is 1.45 bits per heavy atom. The lowest BCUT2D eigenvalue weighted by molar-refractivity contribution is -0.160. The largest absolute Gasteiger partial charge is 0.486 e. The molecule has 2 aliphatic heterocycles. The summed E-state index contributed by atoms with van der Waals surface area (Å²) in [5, 5.41) is 10.4. The third-order valence-corrected chi connectivity index (χ3v) is 4.68. The van der Waals surface area contributed by atoms with Crippen LogP contribution >= 0.6 is 0 Å². The number of benzene rings is 1. The van der Waals surface area contributed by atoms with E-state index in [4.69, 9.17) is 9.47 Å². The predicted octanol–water partition coefficient (Wildman–Crippen LogP) is 3.36. The molecule has 3 nitrogen and oxygen atoms in total. The van der Waals surface area contributed by atoms with Gasteiger partial charge in [0.15, 0.2) is 0 Å². The predicted molar refractivity (Wildman–Crippen MR) is 73.2 cm³/mol. The summed E-state index contributed by atoms with van der Waals surface area (Å²) in [5.74, 6) is 0.141. The van der Waals surface area contributed by atoms with E-state index in [0.717, 1.165) is 19.3 Å². The Hall–Kier alpha value is -1.13. The van der Waals surface area contributed by atoms with Crippen LogP contribution in [0.4, 0.5) is 4.39 Å². The molecule has 1 aromatic rings. The zero-order chi connectivity index (χ0) is 14.4. The topological polar surface area (TPSA) is 38.7 Å². The minimum absolute atomic E-state index is 0.233. The quantitative estimate of drug-likeness (QED) is 0.857. The van der Waals surface area contributed by atoms with E-state index in [-0.39, 0.29) is 11.4 Å². The number of hydrogen-bond acceptors (Lipinski definition) is 3. The van der Waals surface area contributed by atoms with Crippen molar-refractivity contribution in [3.63, 3.8) is 0 Å². The van der Waals surface area contributed by atoms with Crippen molar-refractivity contribution in [2.45, 2.75) is 56.8 Å². The van der Waals surface area contributed by atoms with Gasteiger partial charge in [-0.3, -0.25) is 0 Å². The van der Waals surface area contributed by atoms with Crippen molar-refractivity contribution < 1.29 is 19.0 Å². The molecule has 1 N–H and O–H groups in total. The molecule has 0 amide bonds. The molecule has 4 heteroatoms. The maximum Gasteiger partial charge on any atom is 0.128 e. The fourth-order valence-corrected chi connectivity index (χ4v) is 3.40. The van der Waals surface area contributed by atoms with Gasteiger partial charge in [-0.2, -0.15) is 0 Å². The molecule has 0 bridgehead atoms. The van der Waals surface area contributed by atoms with Gasteiger partial charge in [0.25, 0.3) is 0 Å². The van der Waals surface area contributed by atoms with Gasteiger partial charge in [-0.25, -0.2) is 4.39 Å². The highest BCUT2D eigenvalue weighted by molar-refractivity contribution is 5.38. The maximum absolute atomic E-state index is 13.4. The van der Waals surface area contributed by atoms with Gasteiger partial charge < -0.3 is 14.6 Å². The number of rotatable bonds is 1.